The maximum atomic E-state index is 14.2. The molecule has 31 heavy (non-hydrogen) atoms. The van der Waals surface area contributed by atoms with E-state index in [1.54, 1.807) is 19.1 Å². The number of hydrogen-bond donors (Lipinski definition) is 0. The van der Waals surface area contributed by atoms with Gasteiger partial charge in [-0.2, -0.15) is 17.6 Å². The molecule has 0 bridgehead atoms. The Bertz CT molecular complexity index is 875. The van der Waals surface area contributed by atoms with Crippen molar-refractivity contribution < 1.29 is 31.8 Å². The fraction of sp³-hybridized carbons (Fsp3) is 0.417. The zero-order chi connectivity index (χ0) is 22.4. The fourth-order valence-electron chi connectivity index (χ4n) is 3.75. The second-order valence-corrected chi connectivity index (χ2v) is 7.57. The van der Waals surface area contributed by atoms with Gasteiger partial charge in [-0.15, -0.1) is 6.58 Å². The van der Waals surface area contributed by atoms with Gasteiger partial charge in [0, 0.05) is 0 Å². The van der Waals surface area contributed by atoms with Gasteiger partial charge in [-0.3, -0.25) is 0 Å². The summed E-state index contributed by atoms with van der Waals surface area (Å²) < 4.78 is 70.6. The first-order chi connectivity index (χ1) is 14.8. The molecule has 168 valence electrons. The molecule has 1 aliphatic rings. The largest absolute Gasteiger partial charge is 0.491 e. The van der Waals surface area contributed by atoms with Crippen molar-refractivity contribution in [3.8, 4) is 17.2 Å². The third-order valence-corrected chi connectivity index (χ3v) is 5.43. The second kappa shape index (κ2) is 10.1. The lowest BCUT2D eigenvalue weighted by Gasteiger charge is -2.27. The minimum absolute atomic E-state index is 0.0320. The Balaban J connectivity index is 1.57. The van der Waals surface area contributed by atoms with Gasteiger partial charge in [0.25, 0.3) is 0 Å². The predicted octanol–water partition coefficient (Wildman–Crippen LogP) is 6.87. The quantitative estimate of drug-likeness (QED) is 0.316. The first-order valence-corrected chi connectivity index (χ1v) is 10.4. The molecule has 0 aliphatic heterocycles. The number of alkyl halides is 2. The molecule has 0 heterocycles. The van der Waals surface area contributed by atoms with Crippen LogP contribution >= 0.6 is 0 Å². The third-order valence-electron chi connectivity index (χ3n) is 5.43. The van der Waals surface area contributed by atoms with Gasteiger partial charge >= 0.3 is 6.11 Å². The first-order valence-electron chi connectivity index (χ1n) is 10.4. The molecule has 0 unspecified atom stereocenters. The predicted molar refractivity (Wildman–Crippen MR) is 110 cm³/mol. The standard InChI is InChI=1S/C24H26F4O3/c1-3-16-5-7-17(8-6-16)18-9-11-19(12-10-18)31-24(27,28)15-30-21-14-13-20(29-4-2)22(25)23(21)26/h3,9-14,16-17H,1,4-8,15H2,2H3. The van der Waals surface area contributed by atoms with E-state index >= 15 is 0 Å². The Hall–Kier alpha value is -2.70. The van der Waals surface area contributed by atoms with Crippen molar-refractivity contribution >= 4 is 0 Å². The van der Waals surface area contributed by atoms with Crippen molar-refractivity contribution in [3.05, 3.63) is 66.3 Å². The smallest absolute Gasteiger partial charge is 0.432 e. The minimum atomic E-state index is -3.73. The molecule has 1 fully saturated rings. The molecule has 0 spiro atoms. The van der Waals surface area contributed by atoms with Crippen molar-refractivity contribution in [1.82, 2.24) is 0 Å². The summed E-state index contributed by atoms with van der Waals surface area (Å²) in [4.78, 5) is 0. The molecule has 7 heteroatoms. The second-order valence-electron chi connectivity index (χ2n) is 7.57. The zero-order valence-corrected chi connectivity index (χ0v) is 17.4. The molecule has 3 rings (SSSR count). The first kappa shape index (κ1) is 23.0. The lowest BCUT2D eigenvalue weighted by Crippen LogP contribution is -2.32. The van der Waals surface area contributed by atoms with E-state index in [4.69, 9.17) is 14.2 Å². The summed E-state index contributed by atoms with van der Waals surface area (Å²) >= 11 is 0. The molecule has 0 radical (unpaired) electrons. The number of ether oxygens (including phenoxy) is 3. The van der Waals surface area contributed by atoms with E-state index in [-0.39, 0.29) is 18.1 Å². The average Bonchev–Trinajstić information content (AvgIpc) is 2.77. The summed E-state index contributed by atoms with van der Waals surface area (Å²) in [5, 5.41) is 0. The van der Waals surface area contributed by atoms with Crippen molar-refractivity contribution in [2.75, 3.05) is 13.2 Å². The summed E-state index contributed by atoms with van der Waals surface area (Å²) in [5.74, 6) is -2.73. The fourth-order valence-corrected chi connectivity index (χ4v) is 3.75. The maximum Gasteiger partial charge on any atom is 0.432 e. The molecule has 0 N–H and O–H groups in total. The number of allylic oxidation sites excluding steroid dienone is 1. The topological polar surface area (TPSA) is 27.7 Å². The SMILES string of the molecule is C=CC1CCC(c2ccc(OC(F)(F)COc3ccc(OCC)c(F)c3F)cc2)CC1. The van der Waals surface area contributed by atoms with Crippen LogP contribution in [0.1, 0.15) is 44.1 Å². The van der Waals surface area contributed by atoms with Crippen molar-refractivity contribution in [3.63, 3.8) is 0 Å². The van der Waals surface area contributed by atoms with Crippen molar-refractivity contribution in [2.24, 2.45) is 5.92 Å². The van der Waals surface area contributed by atoms with Gasteiger partial charge in [0.15, 0.2) is 18.1 Å². The Morgan fingerprint density at radius 3 is 2.06 bits per heavy atom. The molecule has 0 atom stereocenters. The van der Waals surface area contributed by atoms with Gasteiger partial charge in [0.05, 0.1) is 6.61 Å². The van der Waals surface area contributed by atoms with Gasteiger partial charge < -0.3 is 14.2 Å². The molecule has 2 aromatic rings. The van der Waals surface area contributed by atoms with Crippen LogP contribution in [0, 0.1) is 17.6 Å². The summed E-state index contributed by atoms with van der Waals surface area (Å²) in [5.41, 5.74) is 1.08. The summed E-state index contributed by atoms with van der Waals surface area (Å²) in [6.45, 7) is 4.31. The van der Waals surface area contributed by atoms with Crippen molar-refractivity contribution in [2.45, 2.75) is 44.6 Å². The Morgan fingerprint density at radius 2 is 1.52 bits per heavy atom. The maximum absolute atomic E-state index is 14.2. The van der Waals surface area contributed by atoms with Crippen LogP contribution in [0.15, 0.2) is 49.1 Å². The van der Waals surface area contributed by atoms with Gasteiger partial charge in [-0.1, -0.05) is 18.2 Å². The molecule has 0 saturated heterocycles. The van der Waals surface area contributed by atoms with Crippen LogP contribution in [0.25, 0.3) is 0 Å². The number of hydrogen-bond acceptors (Lipinski definition) is 3. The number of halogens is 4. The summed E-state index contributed by atoms with van der Waals surface area (Å²) in [6, 6.07) is 8.70. The molecule has 0 aromatic heterocycles. The zero-order valence-electron chi connectivity index (χ0n) is 17.4. The van der Waals surface area contributed by atoms with Crippen LogP contribution in [0.3, 0.4) is 0 Å². The monoisotopic (exact) mass is 438 g/mol. The van der Waals surface area contributed by atoms with Gasteiger partial charge in [0.1, 0.15) is 5.75 Å². The lowest BCUT2D eigenvalue weighted by molar-refractivity contribution is -0.195. The molecule has 0 amide bonds. The van der Waals surface area contributed by atoms with Crippen LogP contribution in [-0.4, -0.2) is 19.3 Å². The normalized spacial score (nSPS) is 19.0. The van der Waals surface area contributed by atoms with E-state index in [2.05, 4.69) is 6.58 Å². The Kier molecular flexibility index (Phi) is 7.46. The highest BCUT2D eigenvalue weighted by Gasteiger charge is 2.34. The summed E-state index contributed by atoms with van der Waals surface area (Å²) in [7, 11) is 0. The molecule has 1 saturated carbocycles. The summed E-state index contributed by atoms with van der Waals surface area (Å²) in [6.07, 6.45) is 2.47. The van der Waals surface area contributed by atoms with Crippen LogP contribution in [0.5, 0.6) is 17.2 Å². The van der Waals surface area contributed by atoms with E-state index in [9.17, 15) is 17.6 Å². The van der Waals surface area contributed by atoms with E-state index in [0.29, 0.717) is 11.8 Å². The molecule has 1 aliphatic carbocycles. The van der Waals surface area contributed by atoms with Crippen LogP contribution in [0.4, 0.5) is 17.6 Å². The van der Waals surface area contributed by atoms with E-state index < -0.39 is 30.1 Å². The highest BCUT2D eigenvalue weighted by Crippen LogP contribution is 2.37. The van der Waals surface area contributed by atoms with E-state index in [1.165, 1.54) is 12.1 Å². The number of rotatable bonds is 9. The van der Waals surface area contributed by atoms with Crippen LogP contribution < -0.4 is 14.2 Å². The third kappa shape index (κ3) is 5.93. The molecular weight excluding hydrogens is 412 g/mol. The molecule has 3 nitrogen and oxygen atoms in total. The van der Waals surface area contributed by atoms with Gasteiger partial charge in [-0.25, -0.2) is 0 Å². The highest BCUT2D eigenvalue weighted by atomic mass is 19.3. The Labute approximate surface area is 179 Å². The van der Waals surface area contributed by atoms with Gasteiger partial charge in [0.2, 0.25) is 11.6 Å². The van der Waals surface area contributed by atoms with Crippen LogP contribution in [-0.2, 0) is 0 Å². The minimum Gasteiger partial charge on any atom is -0.491 e. The lowest BCUT2D eigenvalue weighted by atomic mass is 9.79. The average molecular weight is 438 g/mol. The van der Waals surface area contributed by atoms with E-state index in [0.717, 1.165) is 43.4 Å². The number of benzene rings is 2. The molecular formula is C24H26F4O3. The van der Waals surface area contributed by atoms with Crippen molar-refractivity contribution in [1.29, 1.82) is 0 Å². The van der Waals surface area contributed by atoms with E-state index in [1.807, 2.05) is 6.08 Å². The van der Waals surface area contributed by atoms with Crippen LogP contribution in [0.2, 0.25) is 0 Å². The Morgan fingerprint density at radius 1 is 0.935 bits per heavy atom. The van der Waals surface area contributed by atoms with Gasteiger partial charge in [-0.05, 0) is 74.3 Å². The highest BCUT2D eigenvalue weighted by molar-refractivity contribution is 5.35. The molecule has 2 aromatic carbocycles.